The van der Waals surface area contributed by atoms with Gasteiger partial charge in [0, 0.05) is 6.04 Å². The van der Waals surface area contributed by atoms with Crippen LogP contribution in [-0.4, -0.2) is 31.0 Å². The summed E-state index contributed by atoms with van der Waals surface area (Å²) in [6.07, 6.45) is -1.54. The number of halogens is 3. The molecule has 8 nitrogen and oxygen atoms in total. The lowest BCUT2D eigenvalue weighted by Crippen LogP contribution is -2.38. The molecule has 36 heavy (non-hydrogen) atoms. The normalized spacial score (nSPS) is 13.4. The first-order chi connectivity index (χ1) is 17.2. The van der Waals surface area contributed by atoms with E-state index in [4.69, 9.17) is 5.26 Å². The van der Waals surface area contributed by atoms with Crippen LogP contribution < -0.4 is 11.0 Å². The number of nitrogens with one attached hydrogen (secondary N) is 1. The highest BCUT2D eigenvalue weighted by molar-refractivity contribution is 5.83. The van der Waals surface area contributed by atoms with Gasteiger partial charge in [-0.15, -0.1) is 0 Å². The lowest BCUT2D eigenvalue weighted by molar-refractivity contribution is -0.137. The van der Waals surface area contributed by atoms with Crippen molar-refractivity contribution in [2.45, 2.75) is 32.0 Å². The second-order valence-electron chi connectivity index (χ2n) is 8.45. The van der Waals surface area contributed by atoms with Crippen molar-refractivity contribution in [3.8, 4) is 28.8 Å². The molecule has 4 aromatic rings. The number of aromatic nitrogens is 4. The number of amides is 1. The van der Waals surface area contributed by atoms with Gasteiger partial charge < -0.3 is 5.32 Å². The molecule has 1 amide bonds. The number of hydrogen-bond acceptors (Lipinski definition) is 4. The molecule has 1 saturated carbocycles. The Morgan fingerprint density at radius 2 is 1.83 bits per heavy atom. The van der Waals surface area contributed by atoms with E-state index in [2.05, 4.69) is 10.4 Å². The van der Waals surface area contributed by atoms with Crippen LogP contribution in [0.15, 0.2) is 65.6 Å². The zero-order chi connectivity index (χ0) is 25.6. The fourth-order valence-electron chi connectivity index (χ4n) is 4.05. The van der Waals surface area contributed by atoms with E-state index in [1.807, 2.05) is 6.07 Å². The second-order valence-corrected chi connectivity index (χ2v) is 8.45. The van der Waals surface area contributed by atoms with Crippen LogP contribution in [0.25, 0.3) is 22.8 Å². The van der Waals surface area contributed by atoms with Crippen LogP contribution in [0.1, 0.15) is 29.7 Å². The third-order valence-electron chi connectivity index (χ3n) is 5.95. The first-order valence-corrected chi connectivity index (χ1v) is 11.1. The van der Waals surface area contributed by atoms with Crippen molar-refractivity contribution < 1.29 is 18.0 Å². The van der Waals surface area contributed by atoms with Crippen molar-refractivity contribution in [1.82, 2.24) is 24.2 Å². The number of rotatable bonds is 4. The van der Waals surface area contributed by atoms with Crippen molar-refractivity contribution in [3.63, 3.8) is 0 Å². The molecule has 0 unspecified atom stereocenters. The molecule has 2 aromatic heterocycles. The maximum Gasteiger partial charge on any atom is 0.416 e. The summed E-state index contributed by atoms with van der Waals surface area (Å²) in [5.41, 5.74) is 0.125. The molecule has 2 heterocycles. The van der Waals surface area contributed by atoms with E-state index in [0.717, 1.165) is 34.1 Å². The van der Waals surface area contributed by atoms with Gasteiger partial charge in [0.1, 0.15) is 5.69 Å². The Morgan fingerprint density at radius 1 is 1.11 bits per heavy atom. The molecule has 5 rings (SSSR count). The van der Waals surface area contributed by atoms with Gasteiger partial charge in [-0.05, 0) is 68.3 Å². The molecular weight excluding hydrogens is 473 g/mol. The minimum absolute atomic E-state index is 0.0176. The van der Waals surface area contributed by atoms with E-state index in [1.165, 1.54) is 23.0 Å². The smallest absolute Gasteiger partial charge is 0.335 e. The number of benzene rings is 2. The molecule has 0 saturated heterocycles. The van der Waals surface area contributed by atoms with Crippen LogP contribution in [0.5, 0.6) is 0 Å². The van der Waals surface area contributed by atoms with E-state index >= 15 is 0 Å². The van der Waals surface area contributed by atoms with Gasteiger partial charge in [-0.2, -0.15) is 23.5 Å². The lowest BCUT2D eigenvalue weighted by Gasteiger charge is -2.12. The molecule has 1 N–H and O–H groups in total. The van der Waals surface area contributed by atoms with Crippen molar-refractivity contribution >= 4 is 6.03 Å². The Bertz CT molecular complexity index is 1570. The van der Waals surface area contributed by atoms with Crippen molar-refractivity contribution in [1.29, 1.82) is 5.26 Å². The third kappa shape index (κ3) is 4.07. The molecular formula is C25H19F3N6O2. The van der Waals surface area contributed by atoms with Crippen LogP contribution in [0.4, 0.5) is 18.0 Å². The fourth-order valence-corrected chi connectivity index (χ4v) is 4.05. The average molecular weight is 492 g/mol. The summed E-state index contributed by atoms with van der Waals surface area (Å²) in [6, 6.07) is 13.9. The first kappa shape index (κ1) is 23.2. The predicted octanol–water partition coefficient (Wildman–Crippen LogP) is 4.41. The molecule has 2 aromatic carbocycles. The summed E-state index contributed by atoms with van der Waals surface area (Å²) in [5, 5.41) is 16.2. The number of carbonyl (C=O) groups excluding carboxylic acids is 1. The maximum atomic E-state index is 13.6. The third-order valence-corrected chi connectivity index (χ3v) is 5.95. The Hall–Kier alpha value is -4.59. The van der Waals surface area contributed by atoms with Crippen LogP contribution >= 0.6 is 0 Å². The Morgan fingerprint density at radius 3 is 2.47 bits per heavy atom. The highest BCUT2D eigenvalue weighted by atomic mass is 19.4. The van der Waals surface area contributed by atoms with Gasteiger partial charge in [-0.3, -0.25) is 4.57 Å². The summed E-state index contributed by atoms with van der Waals surface area (Å²) >= 11 is 0. The summed E-state index contributed by atoms with van der Waals surface area (Å²) in [4.78, 5) is 26.7. The quantitative estimate of drug-likeness (QED) is 0.456. The SMILES string of the molecule is Cc1c(-c2ccnn2-c2ccc(C#N)cc2)n(C(=O)NC2CC2)c(=O)n1-c1cccc(C(F)(F)F)c1. The van der Waals surface area contributed by atoms with Crippen LogP contribution in [0.2, 0.25) is 0 Å². The van der Waals surface area contributed by atoms with Crippen molar-refractivity contribution in [2.75, 3.05) is 0 Å². The zero-order valence-corrected chi connectivity index (χ0v) is 19.0. The standard InChI is InChI=1S/C25H19F3N6O2/c1-15-22(21-11-12-30-34(21)19-9-5-16(14-29)6-10-19)33(23(35)31-18-7-8-18)24(36)32(15)20-4-2-3-17(13-20)25(26,27)28/h2-6,9-13,18H,7-8H2,1H3,(H,31,35). The van der Waals surface area contributed by atoms with E-state index in [1.54, 1.807) is 37.3 Å². The van der Waals surface area contributed by atoms with Crippen molar-refractivity contribution in [2.24, 2.45) is 0 Å². The lowest BCUT2D eigenvalue weighted by atomic mass is 10.2. The second kappa shape index (κ2) is 8.57. The molecule has 1 aliphatic carbocycles. The minimum atomic E-state index is -4.60. The van der Waals surface area contributed by atoms with E-state index in [9.17, 15) is 22.8 Å². The van der Waals surface area contributed by atoms with Crippen LogP contribution in [0, 0.1) is 18.3 Å². The summed E-state index contributed by atoms with van der Waals surface area (Å²) in [7, 11) is 0. The molecule has 1 fully saturated rings. The van der Waals surface area contributed by atoms with Crippen LogP contribution in [0.3, 0.4) is 0 Å². The highest BCUT2D eigenvalue weighted by Crippen LogP contribution is 2.32. The van der Waals surface area contributed by atoms with E-state index in [-0.39, 0.29) is 23.1 Å². The minimum Gasteiger partial charge on any atom is -0.335 e. The average Bonchev–Trinajstić information content (AvgIpc) is 3.46. The molecule has 0 spiro atoms. The summed E-state index contributed by atoms with van der Waals surface area (Å²) < 4.78 is 43.7. The van der Waals surface area contributed by atoms with Gasteiger partial charge in [0.25, 0.3) is 0 Å². The topological polar surface area (TPSA) is 97.6 Å². The molecule has 1 aliphatic rings. The van der Waals surface area contributed by atoms with Crippen LogP contribution in [-0.2, 0) is 6.18 Å². The molecule has 0 bridgehead atoms. The molecule has 0 aliphatic heterocycles. The maximum absolute atomic E-state index is 13.6. The summed E-state index contributed by atoms with van der Waals surface area (Å²) in [6.45, 7) is 1.56. The number of nitrogens with zero attached hydrogens (tertiary/aromatic N) is 5. The number of hydrogen-bond donors (Lipinski definition) is 1. The zero-order valence-electron chi connectivity index (χ0n) is 19.0. The van der Waals surface area contributed by atoms with Gasteiger partial charge in [-0.25, -0.2) is 18.8 Å². The van der Waals surface area contributed by atoms with E-state index in [0.29, 0.717) is 16.9 Å². The van der Waals surface area contributed by atoms with Gasteiger partial charge in [0.15, 0.2) is 0 Å². The van der Waals surface area contributed by atoms with E-state index < -0.39 is 23.5 Å². The molecule has 0 radical (unpaired) electrons. The van der Waals surface area contributed by atoms with Gasteiger partial charge in [0.2, 0.25) is 0 Å². The Labute approximate surface area is 202 Å². The monoisotopic (exact) mass is 492 g/mol. The number of carbonyl (C=O) groups is 1. The predicted molar refractivity (Wildman–Crippen MR) is 124 cm³/mol. The Balaban J connectivity index is 1.72. The Kier molecular flexibility index (Phi) is 5.51. The highest BCUT2D eigenvalue weighted by Gasteiger charge is 2.33. The molecule has 11 heteroatoms. The largest absolute Gasteiger partial charge is 0.416 e. The van der Waals surface area contributed by atoms with Gasteiger partial charge in [-0.1, -0.05) is 6.07 Å². The van der Waals surface area contributed by atoms with Crippen molar-refractivity contribution in [3.05, 3.63) is 88.1 Å². The number of alkyl halides is 3. The molecule has 182 valence electrons. The van der Waals surface area contributed by atoms with Gasteiger partial charge >= 0.3 is 17.9 Å². The number of nitriles is 1. The number of imidazole rings is 1. The van der Waals surface area contributed by atoms with Gasteiger partial charge in [0.05, 0.1) is 46.2 Å². The molecule has 0 atom stereocenters. The first-order valence-electron chi connectivity index (χ1n) is 11.1. The fraction of sp³-hybridized carbons (Fsp3) is 0.200. The summed E-state index contributed by atoms with van der Waals surface area (Å²) in [5.74, 6) is 0.